The maximum absolute atomic E-state index is 12.7. The first-order valence-corrected chi connectivity index (χ1v) is 7.52. The van der Waals surface area contributed by atoms with Crippen molar-refractivity contribution in [2.45, 2.75) is 46.7 Å². The normalized spacial score (nSPS) is 12.4. The van der Waals surface area contributed by atoms with E-state index in [1.807, 2.05) is 23.6 Å². The van der Waals surface area contributed by atoms with Crippen LogP contribution in [0.5, 0.6) is 0 Å². The molecule has 0 aliphatic carbocycles. The highest BCUT2D eigenvalue weighted by molar-refractivity contribution is 5.64. The second-order valence-electron chi connectivity index (χ2n) is 5.74. The van der Waals surface area contributed by atoms with Gasteiger partial charge in [-0.3, -0.25) is 4.79 Å². The van der Waals surface area contributed by atoms with Crippen LogP contribution >= 0.6 is 0 Å². The molecule has 0 bridgehead atoms. The van der Waals surface area contributed by atoms with E-state index < -0.39 is 0 Å². The number of benzene rings is 1. The molecule has 0 saturated carbocycles. The molecule has 1 aromatic carbocycles. The summed E-state index contributed by atoms with van der Waals surface area (Å²) in [5.41, 5.74) is 11.1. The molecule has 0 aliphatic rings. The number of hydrogen-bond acceptors (Lipinski definition) is 2. The Morgan fingerprint density at radius 2 is 1.90 bits per heavy atom. The van der Waals surface area contributed by atoms with Crippen LogP contribution in [0, 0.1) is 13.8 Å². The van der Waals surface area contributed by atoms with Gasteiger partial charge in [0.25, 0.3) is 5.56 Å². The molecule has 0 saturated heterocycles. The molecule has 0 fully saturated rings. The summed E-state index contributed by atoms with van der Waals surface area (Å²) < 4.78 is 1.86. The highest BCUT2D eigenvalue weighted by Crippen LogP contribution is 2.24. The number of nitrogens with zero attached hydrogens (tertiary/aromatic N) is 1. The molecule has 2 N–H and O–H groups in total. The minimum atomic E-state index is -0.242. The Kier molecular flexibility index (Phi) is 4.63. The van der Waals surface area contributed by atoms with Crippen LogP contribution in [-0.2, 0) is 6.54 Å². The molecule has 21 heavy (non-hydrogen) atoms. The lowest BCUT2D eigenvalue weighted by Gasteiger charge is -2.17. The van der Waals surface area contributed by atoms with Crippen LogP contribution in [-0.4, -0.2) is 4.57 Å². The van der Waals surface area contributed by atoms with Crippen molar-refractivity contribution in [1.82, 2.24) is 4.57 Å². The molecule has 1 unspecified atom stereocenters. The first kappa shape index (κ1) is 15.5. The van der Waals surface area contributed by atoms with E-state index in [0.29, 0.717) is 12.1 Å². The van der Waals surface area contributed by atoms with Gasteiger partial charge in [0.05, 0.1) is 5.69 Å². The fourth-order valence-corrected chi connectivity index (χ4v) is 2.72. The van der Waals surface area contributed by atoms with Crippen molar-refractivity contribution >= 4 is 0 Å². The number of hydrogen-bond donors (Lipinski definition) is 1. The molecule has 1 atom stereocenters. The minimum Gasteiger partial charge on any atom is -0.324 e. The van der Waals surface area contributed by atoms with E-state index in [2.05, 4.69) is 39.0 Å². The quantitative estimate of drug-likeness (QED) is 0.933. The van der Waals surface area contributed by atoms with Gasteiger partial charge in [0.2, 0.25) is 0 Å². The molecule has 0 radical (unpaired) electrons. The summed E-state index contributed by atoms with van der Waals surface area (Å²) in [6, 6.07) is 9.98. The molecular formula is C18H24N2O. The molecule has 2 rings (SSSR count). The van der Waals surface area contributed by atoms with E-state index in [-0.39, 0.29) is 11.6 Å². The van der Waals surface area contributed by atoms with Crippen molar-refractivity contribution in [3.63, 3.8) is 0 Å². The van der Waals surface area contributed by atoms with Crippen molar-refractivity contribution < 1.29 is 0 Å². The van der Waals surface area contributed by atoms with Gasteiger partial charge < -0.3 is 10.3 Å². The molecule has 2 aromatic rings. The summed E-state index contributed by atoms with van der Waals surface area (Å²) >= 11 is 0. The van der Waals surface area contributed by atoms with Gasteiger partial charge in [-0.25, -0.2) is 0 Å². The van der Waals surface area contributed by atoms with Crippen LogP contribution in [0.1, 0.15) is 43.0 Å². The van der Waals surface area contributed by atoms with Crippen LogP contribution in [0.2, 0.25) is 0 Å². The Balaban J connectivity index is 2.68. The molecule has 1 heterocycles. The van der Waals surface area contributed by atoms with E-state index in [1.54, 1.807) is 0 Å². The summed E-state index contributed by atoms with van der Waals surface area (Å²) in [5, 5.41) is 0. The zero-order valence-corrected chi connectivity index (χ0v) is 13.3. The van der Waals surface area contributed by atoms with Gasteiger partial charge in [0.1, 0.15) is 0 Å². The zero-order valence-electron chi connectivity index (χ0n) is 13.3. The van der Waals surface area contributed by atoms with Crippen LogP contribution in [0.25, 0.3) is 11.3 Å². The fourth-order valence-electron chi connectivity index (χ4n) is 2.72. The monoisotopic (exact) mass is 284 g/mol. The lowest BCUT2D eigenvalue weighted by Crippen LogP contribution is -2.28. The summed E-state index contributed by atoms with van der Waals surface area (Å²) in [6.07, 6.45) is 0.917. The average Bonchev–Trinajstić information content (AvgIpc) is 2.41. The largest absolute Gasteiger partial charge is 0.324 e. The number of aromatic nitrogens is 1. The van der Waals surface area contributed by atoms with Crippen molar-refractivity contribution in [1.29, 1.82) is 0 Å². The first-order chi connectivity index (χ1) is 9.95. The Labute approximate surface area is 126 Å². The van der Waals surface area contributed by atoms with Gasteiger partial charge >= 0.3 is 0 Å². The second kappa shape index (κ2) is 6.27. The third kappa shape index (κ3) is 3.08. The maximum atomic E-state index is 12.7. The molecule has 112 valence electrons. The third-order valence-electron chi connectivity index (χ3n) is 3.80. The van der Waals surface area contributed by atoms with Crippen molar-refractivity contribution in [2.75, 3.05) is 0 Å². The van der Waals surface area contributed by atoms with Crippen LogP contribution < -0.4 is 11.3 Å². The maximum Gasteiger partial charge on any atom is 0.255 e. The molecular weight excluding hydrogens is 260 g/mol. The van der Waals surface area contributed by atoms with Gasteiger partial charge in [-0.15, -0.1) is 0 Å². The molecule has 3 nitrogen and oxygen atoms in total. The topological polar surface area (TPSA) is 48.0 Å². The number of rotatable bonds is 4. The van der Waals surface area contributed by atoms with E-state index in [0.717, 1.165) is 17.7 Å². The standard InChI is InChI=1S/C18H24N2O/c1-5-10-20-17(9-8-16(14(4)19)18(20)21)15-7-6-12(2)11-13(15)3/h6-9,11,14H,5,10,19H2,1-4H3. The van der Waals surface area contributed by atoms with Crippen molar-refractivity contribution in [3.8, 4) is 11.3 Å². The lowest BCUT2D eigenvalue weighted by atomic mass is 10.0. The summed E-state index contributed by atoms with van der Waals surface area (Å²) in [6.45, 7) is 8.81. The molecule has 0 amide bonds. The van der Waals surface area contributed by atoms with E-state index in [9.17, 15) is 4.79 Å². The molecule has 0 spiro atoms. The SMILES string of the molecule is CCCn1c(-c2ccc(C)cc2C)ccc(C(C)N)c1=O. The predicted molar refractivity (Wildman–Crippen MR) is 88.5 cm³/mol. The Morgan fingerprint density at radius 1 is 1.19 bits per heavy atom. The van der Waals surface area contributed by atoms with Crippen molar-refractivity contribution in [3.05, 3.63) is 57.4 Å². The first-order valence-electron chi connectivity index (χ1n) is 7.52. The summed E-state index contributed by atoms with van der Waals surface area (Å²) in [4.78, 5) is 12.7. The average molecular weight is 284 g/mol. The minimum absolute atomic E-state index is 0.0318. The summed E-state index contributed by atoms with van der Waals surface area (Å²) in [7, 11) is 0. The molecule has 0 aliphatic heterocycles. The Bertz CT molecular complexity index is 699. The van der Waals surface area contributed by atoms with Gasteiger partial charge in [-0.2, -0.15) is 0 Å². The Hall–Kier alpha value is -1.87. The lowest BCUT2D eigenvalue weighted by molar-refractivity contribution is 0.643. The fraction of sp³-hybridized carbons (Fsp3) is 0.389. The summed E-state index contributed by atoms with van der Waals surface area (Å²) in [5.74, 6) is 0. The van der Waals surface area contributed by atoms with Crippen LogP contribution in [0.4, 0.5) is 0 Å². The van der Waals surface area contributed by atoms with Gasteiger partial charge in [-0.1, -0.05) is 30.7 Å². The molecule has 3 heteroatoms. The molecule has 1 aromatic heterocycles. The highest BCUT2D eigenvalue weighted by atomic mass is 16.1. The van der Waals surface area contributed by atoms with Gasteiger partial charge in [-0.05, 0) is 44.9 Å². The Morgan fingerprint density at radius 3 is 2.48 bits per heavy atom. The predicted octanol–water partition coefficient (Wildman–Crippen LogP) is 3.56. The number of nitrogens with two attached hydrogens (primary N) is 1. The second-order valence-corrected chi connectivity index (χ2v) is 5.74. The smallest absolute Gasteiger partial charge is 0.255 e. The number of pyridine rings is 1. The van der Waals surface area contributed by atoms with E-state index in [1.165, 1.54) is 11.1 Å². The third-order valence-corrected chi connectivity index (χ3v) is 3.80. The van der Waals surface area contributed by atoms with Crippen LogP contribution in [0.15, 0.2) is 35.1 Å². The highest BCUT2D eigenvalue weighted by Gasteiger charge is 2.13. The number of aryl methyl sites for hydroxylation is 2. The van der Waals surface area contributed by atoms with Crippen LogP contribution in [0.3, 0.4) is 0 Å². The van der Waals surface area contributed by atoms with E-state index >= 15 is 0 Å². The van der Waals surface area contributed by atoms with Crippen molar-refractivity contribution in [2.24, 2.45) is 5.73 Å². The van der Waals surface area contributed by atoms with Gasteiger partial charge in [0.15, 0.2) is 0 Å². The van der Waals surface area contributed by atoms with Gasteiger partial charge in [0, 0.05) is 23.7 Å². The zero-order chi connectivity index (χ0) is 15.6. The van der Waals surface area contributed by atoms with E-state index in [4.69, 9.17) is 5.73 Å².